The molecule has 0 spiro atoms. The summed E-state index contributed by atoms with van der Waals surface area (Å²) in [5.74, 6) is -0.523. The van der Waals surface area contributed by atoms with Crippen molar-refractivity contribution in [3.8, 4) is 0 Å². The monoisotopic (exact) mass is 575 g/mol. The Hall–Kier alpha value is -2.75. The summed E-state index contributed by atoms with van der Waals surface area (Å²) in [6, 6.07) is 17.3. The summed E-state index contributed by atoms with van der Waals surface area (Å²) in [5.41, 5.74) is 0.940. The number of hydrogen-bond acceptors (Lipinski definition) is 5. The quantitative estimate of drug-likeness (QED) is 0.244. The molecule has 32 heavy (non-hydrogen) atoms. The van der Waals surface area contributed by atoms with Crippen LogP contribution < -0.4 is 10.3 Å². The molecule has 1 heterocycles. The Morgan fingerprint density at radius 3 is 2.25 bits per heavy atom. The molecule has 1 aromatic heterocycles. The van der Waals surface area contributed by atoms with Crippen molar-refractivity contribution in [2.24, 2.45) is 0 Å². The molecular weight excluding hydrogens is 562 g/mol. The number of fused-ring (bicyclic) bond motifs is 1. The van der Waals surface area contributed by atoms with Gasteiger partial charge in [0.05, 0.1) is 9.37 Å². The highest BCUT2D eigenvalue weighted by Crippen LogP contribution is 2.28. The second-order valence-electron chi connectivity index (χ2n) is 7.08. The molecule has 4 rings (SSSR count). The van der Waals surface area contributed by atoms with Crippen LogP contribution in [0.1, 0.15) is 21.5 Å². The van der Waals surface area contributed by atoms with Crippen molar-refractivity contribution in [1.29, 1.82) is 0 Å². The van der Waals surface area contributed by atoms with Gasteiger partial charge in [0, 0.05) is 21.1 Å². The molecule has 0 saturated carbocycles. The van der Waals surface area contributed by atoms with Crippen molar-refractivity contribution >= 4 is 64.3 Å². The van der Waals surface area contributed by atoms with E-state index in [0.29, 0.717) is 21.1 Å². The van der Waals surface area contributed by atoms with Crippen molar-refractivity contribution in [2.75, 3.05) is 4.72 Å². The summed E-state index contributed by atoms with van der Waals surface area (Å²) in [6.07, 6.45) is 0. The molecule has 3 aromatic carbocycles. The molecule has 0 aliphatic carbocycles. The number of halogens is 2. The fourth-order valence-electron chi connectivity index (χ4n) is 3.09. The molecule has 162 valence electrons. The first-order valence-corrected chi connectivity index (χ1v) is 12.4. The summed E-state index contributed by atoms with van der Waals surface area (Å²) in [4.78, 5) is 25.5. The average Bonchev–Trinajstić information content (AvgIpc) is 2.74. The van der Waals surface area contributed by atoms with E-state index in [1.165, 1.54) is 42.5 Å². The topological polar surface area (TPSA) is 93.4 Å². The van der Waals surface area contributed by atoms with E-state index in [1.807, 2.05) is 6.92 Å². The zero-order chi connectivity index (χ0) is 23.0. The molecule has 6 nitrogen and oxygen atoms in total. The lowest BCUT2D eigenvalue weighted by molar-refractivity contribution is 0.103. The summed E-state index contributed by atoms with van der Waals surface area (Å²) in [7, 11) is -3.76. The van der Waals surface area contributed by atoms with Crippen LogP contribution in [0.4, 0.5) is 5.69 Å². The largest absolute Gasteiger partial charge is 0.421 e. The van der Waals surface area contributed by atoms with Crippen molar-refractivity contribution in [3.05, 3.63) is 103 Å². The maximum absolute atomic E-state index is 12.9. The van der Waals surface area contributed by atoms with E-state index in [2.05, 4.69) is 36.6 Å². The Morgan fingerprint density at radius 1 is 0.938 bits per heavy atom. The van der Waals surface area contributed by atoms with Crippen LogP contribution in [0.15, 0.2) is 89.8 Å². The number of nitrogens with one attached hydrogen (secondary N) is 1. The van der Waals surface area contributed by atoms with Crippen molar-refractivity contribution in [2.45, 2.75) is 11.8 Å². The second kappa shape index (κ2) is 8.65. The summed E-state index contributed by atoms with van der Waals surface area (Å²) >= 11 is 6.71. The van der Waals surface area contributed by atoms with Gasteiger partial charge in [-0.3, -0.25) is 9.52 Å². The maximum atomic E-state index is 12.9. The molecule has 0 amide bonds. The number of benzene rings is 3. The van der Waals surface area contributed by atoms with Gasteiger partial charge in [-0.1, -0.05) is 33.6 Å². The molecule has 0 aliphatic rings. The van der Waals surface area contributed by atoms with E-state index < -0.39 is 21.4 Å². The van der Waals surface area contributed by atoms with Crippen LogP contribution in [0.3, 0.4) is 0 Å². The minimum absolute atomic E-state index is 0.115. The van der Waals surface area contributed by atoms with E-state index in [4.69, 9.17) is 4.42 Å². The predicted octanol–water partition coefficient (Wildman–Crippen LogP) is 5.66. The van der Waals surface area contributed by atoms with E-state index >= 15 is 0 Å². The number of carbonyl (C=O) groups excluding carboxylic acids is 1. The lowest BCUT2D eigenvalue weighted by atomic mass is 10.0. The molecule has 0 aliphatic heterocycles. The molecule has 0 atom stereocenters. The van der Waals surface area contributed by atoms with Gasteiger partial charge in [0.15, 0.2) is 11.4 Å². The van der Waals surface area contributed by atoms with Crippen LogP contribution in [0.5, 0.6) is 0 Å². The molecule has 0 bridgehead atoms. The average molecular weight is 577 g/mol. The van der Waals surface area contributed by atoms with Crippen LogP contribution in [0, 0.1) is 6.92 Å². The molecule has 0 unspecified atom stereocenters. The third kappa shape index (κ3) is 4.55. The third-order valence-corrected chi connectivity index (χ3v) is 7.17. The smallest absolute Gasteiger partial charge is 0.347 e. The Balaban J connectivity index is 1.62. The van der Waals surface area contributed by atoms with E-state index in [-0.39, 0.29) is 16.0 Å². The minimum atomic E-state index is -3.76. The van der Waals surface area contributed by atoms with E-state index in [9.17, 15) is 18.0 Å². The standard InChI is InChI=1S/C23H15Br2NO5S/c1-13-2-8-18(9-3-13)32(29,30)26-17-6-4-14(5-7-17)21(27)19-11-15-10-16(24)12-20(25)22(15)31-23(19)28/h2-12,26H,1H3. The molecule has 0 fully saturated rings. The van der Waals surface area contributed by atoms with Crippen LogP contribution in [0.25, 0.3) is 11.0 Å². The van der Waals surface area contributed by atoms with Gasteiger partial charge in [0.2, 0.25) is 0 Å². The number of aryl methyl sites for hydroxylation is 1. The van der Waals surface area contributed by atoms with Crippen LogP contribution in [0.2, 0.25) is 0 Å². The first kappa shape index (κ1) is 22.4. The number of hydrogen-bond donors (Lipinski definition) is 1. The van der Waals surface area contributed by atoms with Gasteiger partial charge in [-0.25, -0.2) is 13.2 Å². The maximum Gasteiger partial charge on any atom is 0.347 e. The zero-order valence-electron chi connectivity index (χ0n) is 16.6. The van der Waals surface area contributed by atoms with Crippen molar-refractivity contribution < 1.29 is 17.6 Å². The third-order valence-electron chi connectivity index (χ3n) is 4.73. The normalized spacial score (nSPS) is 11.5. The van der Waals surface area contributed by atoms with Crippen LogP contribution >= 0.6 is 31.9 Å². The van der Waals surface area contributed by atoms with Crippen molar-refractivity contribution in [3.63, 3.8) is 0 Å². The molecule has 4 aromatic rings. The minimum Gasteiger partial charge on any atom is -0.421 e. The predicted molar refractivity (Wildman–Crippen MR) is 130 cm³/mol. The molecule has 0 saturated heterocycles. The number of sulfonamides is 1. The van der Waals surface area contributed by atoms with Crippen LogP contribution in [-0.2, 0) is 10.0 Å². The van der Waals surface area contributed by atoms with E-state index in [1.54, 1.807) is 24.3 Å². The van der Waals surface area contributed by atoms with Crippen LogP contribution in [-0.4, -0.2) is 14.2 Å². The van der Waals surface area contributed by atoms with Crippen molar-refractivity contribution in [1.82, 2.24) is 0 Å². The van der Waals surface area contributed by atoms with Gasteiger partial charge in [0.1, 0.15) is 5.56 Å². The highest BCUT2D eigenvalue weighted by molar-refractivity contribution is 9.11. The lowest BCUT2D eigenvalue weighted by Gasteiger charge is -2.09. The molecule has 9 heteroatoms. The molecular formula is C23H15Br2NO5S. The van der Waals surface area contributed by atoms with Gasteiger partial charge in [-0.05, 0) is 77.5 Å². The summed E-state index contributed by atoms with van der Waals surface area (Å²) in [5, 5.41) is 0.580. The van der Waals surface area contributed by atoms with E-state index in [0.717, 1.165) is 10.0 Å². The first-order chi connectivity index (χ1) is 15.1. The zero-order valence-corrected chi connectivity index (χ0v) is 20.5. The Bertz CT molecular complexity index is 1510. The highest BCUT2D eigenvalue weighted by atomic mass is 79.9. The van der Waals surface area contributed by atoms with Gasteiger partial charge in [0.25, 0.3) is 10.0 Å². The van der Waals surface area contributed by atoms with Gasteiger partial charge >= 0.3 is 5.63 Å². The van der Waals surface area contributed by atoms with Gasteiger partial charge in [-0.2, -0.15) is 0 Å². The Labute approximate surface area is 200 Å². The Kier molecular flexibility index (Phi) is 6.07. The fraction of sp³-hybridized carbons (Fsp3) is 0.0435. The fourth-order valence-corrected chi connectivity index (χ4v) is 5.49. The van der Waals surface area contributed by atoms with Gasteiger partial charge in [-0.15, -0.1) is 0 Å². The van der Waals surface area contributed by atoms with Gasteiger partial charge < -0.3 is 4.42 Å². The number of anilines is 1. The molecule has 0 radical (unpaired) electrons. The first-order valence-electron chi connectivity index (χ1n) is 9.31. The SMILES string of the molecule is Cc1ccc(S(=O)(=O)Nc2ccc(C(=O)c3cc4cc(Br)cc(Br)c4oc3=O)cc2)cc1. The summed E-state index contributed by atoms with van der Waals surface area (Å²) in [6.45, 7) is 1.87. The number of rotatable bonds is 5. The lowest BCUT2D eigenvalue weighted by Crippen LogP contribution is -2.15. The Morgan fingerprint density at radius 2 is 1.59 bits per heavy atom. The number of ketones is 1. The molecule has 1 N–H and O–H groups in total. The number of carbonyl (C=O) groups is 1. The second-order valence-corrected chi connectivity index (χ2v) is 10.5. The summed E-state index contributed by atoms with van der Waals surface area (Å²) < 4.78 is 34.2. The highest BCUT2D eigenvalue weighted by Gasteiger charge is 2.18.